The van der Waals surface area contributed by atoms with Crippen molar-refractivity contribution in [2.45, 2.75) is 25.9 Å². The van der Waals surface area contributed by atoms with Crippen molar-refractivity contribution in [1.29, 1.82) is 0 Å². The molecule has 4 rings (SSSR count). The fraction of sp³-hybridized carbons (Fsp3) is 0.250. The number of anilines is 1. The summed E-state index contributed by atoms with van der Waals surface area (Å²) in [5, 5.41) is 0. The summed E-state index contributed by atoms with van der Waals surface area (Å²) in [5.41, 5.74) is 6.76. The van der Waals surface area contributed by atoms with Gasteiger partial charge in [-0.2, -0.15) is 11.8 Å². The van der Waals surface area contributed by atoms with Crippen LogP contribution in [0.15, 0.2) is 78.9 Å². The second-order valence-corrected chi connectivity index (χ2v) is 8.21. The van der Waals surface area contributed by atoms with Crippen molar-refractivity contribution in [2.75, 3.05) is 16.4 Å². The maximum absolute atomic E-state index is 2.63. The van der Waals surface area contributed by atoms with Crippen LogP contribution in [0, 0.1) is 13.8 Å². The van der Waals surface area contributed by atoms with Crippen LogP contribution in [0.2, 0.25) is 0 Å². The lowest BCUT2D eigenvalue weighted by Crippen LogP contribution is -2.39. The van der Waals surface area contributed by atoms with Gasteiger partial charge >= 0.3 is 0 Å². The Morgan fingerprint density at radius 3 is 1.58 bits per heavy atom. The average Bonchev–Trinajstić information content (AvgIpc) is 2.69. The molecule has 0 aliphatic carbocycles. The first-order valence-electron chi connectivity index (χ1n) is 9.26. The van der Waals surface area contributed by atoms with E-state index in [1.54, 1.807) is 0 Å². The van der Waals surface area contributed by atoms with Gasteiger partial charge in [-0.25, -0.2) is 0 Å². The number of hydrogen-bond acceptors (Lipinski definition) is 2. The van der Waals surface area contributed by atoms with E-state index >= 15 is 0 Å². The third kappa shape index (κ3) is 3.52. The molecule has 0 spiro atoms. The summed E-state index contributed by atoms with van der Waals surface area (Å²) in [6.45, 7) is 4.31. The van der Waals surface area contributed by atoms with Crippen molar-refractivity contribution in [3.8, 4) is 0 Å². The summed E-state index contributed by atoms with van der Waals surface area (Å²) in [4.78, 5) is 2.63. The van der Waals surface area contributed by atoms with Crippen LogP contribution in [0.3, 0.4) is 0 Å². The molecule has 0 bridgehead atoms. The van der Waals surface area contributed by atoms with E-state index in [2.05, 4.69) is 109 Å². The van der Waals surface area contributed by atoms with Gasteiger partial charge < -0.3 is 4.90 Å². The van der Waals surface area contributed by atoms with Gasteiger partial charge in [-0.15, -0.1) is 0 Å². The molecule has 1 nitrogen and oxygen atoms in total. The van der Waals surface area contributed by atoms with Gasteiger partial charge in [0.1, 0.15) is 0 Å². The number of aryl methyl sites for hydroxylation is 2. The van der Waals surface area contributed by atoms with E-state index in [4.69, 9.17) is 0 Å². The third-order valence-corrected chi connectivity index (χ3v) is 6.30. The van der Waals surface area contributed by atoms with Crippen molar-refractivity contribution in [2.24, 2.45) is 0 Å². The van der Waals surface area contributed by atoms with Gasteiger partial charge in [0.15, 0.2) is 0 Å². The van der Waals surface area contributed by atoms with Crippen molar-refractivity contribution in [3.63, 3.8) is 0 Å². The maximum atomic E-state index is 2.63. The standard InChI is InChI=1S/C24H25NS/c1-18-8-12-20(13-9-18)23-16-26-17-24(21-14-10-19(2)11-15-21)25(23)22-6-4-3-5-7-22/h3-15,23-24H,16-17H2,1-2H3. The first-order valence-corrected chi connectivity index (χ1v) is 10.4. The lowest BCUT2D eigenvalue weighted by Gasteiger charge is -2.44. The largest absolute Gasteiger partial charge is 0.356 e. The summed E-state index contributed by atoms with van der Waals surface area (Å²) in [6.07, 6.45) is 0. The summed E-state index contributed by atoms with van der Waals surface area (Å²) in [6, 6.07) is 29.8. The Morgan fingerprint density at radius 1 is 0.654 bits per heavy atom. The highest BCUT2D eigenvalue weighted by Gasteiger charge is 2.33. The number of thioether (sulfide) groups is 1. The Morgan fingerprint density at radius 2 is 1.12 bits per heavy atom. The van der Waals surface area contributed by atoms with E-state index in [1.165, 1.54) is 27.9 Å². The molecule has 2 heteroatoms. The minimum atomic E-state index is 0.392. The molecule has 1 fully saturated rings. The Kier molecular flexibility index (Phi) is 5.03. The molecule has 1 aliphatic heterocycles. The highest BCUT2D eigenvalue weighted by atomic mass is 32.2. The average molecular weight is 360 g/mol. The van der Waals surface area contributed by atoms with Crippen LogP contribution in [0.4, 0.5) is 5.69 Å². The predicted octanol–water partition coefficient (Wildman–Crippen LogP) is 6.34. The van der Waals surface area contributed by atoms with Crippen molar-refractivity contribution in [1.82, 2.24) is 0 Å². The third-order valence-electron chi connectivity index (χ3n) is 5.20. The molecule has 2 atom stereocenters. The number of para-hydroxylation sites is 1. The molecule has 1 saturated heterocycles. The van der Waals surface area contributed by atoms with Crippen LogP contribution in [0.1, 0.15) is 34.3 Å². The van der Waals surface area contributed by atoms with Crippen LogP contribution >= 0.6 is 11.8 Å². The van der Waals surface area contributed by atoms with Crippen LogP contribution < -0.4 is 4.90 Å². The molecule has 0 N–H and O–H groups in total. The fourth-order valence-corrected chi connectivity index (χ4v) is 5.01. The molecule has 0 aromatic heterocycles. The van der Waals surface area contributed by atoms with E-state index in [0.29, 0.717) is 12.1 Å². The second kappa shape index (κ2) is 7.59. The minimum absolute atomic E-state index is 0.392. The van der Waals surface area contributed by atoms with Gasteiger partial charge in [0.25, 0.3) is 0 Å². The zero-order valence-electron chi connectivity index (χ0n) is 15.4. The van der Waals surface area contributed by atoms with Crippen molar-refractivity contribution < 1.29 is 0 Å². The van der Waals surface area contributed by atoms with E-state index in [9.17, 15) is 0 Å². The molecule has 1 heterocycles. The quantitative estimate of drug-likeness (QED) is 0.537. The monoisotopic (exact) mass is 359 g/mol. The van der Waals surface area contributed by atoms with Crippen molar-refractivity contribution >= 4 is 17.4 Å². The lowest BCUT2D eigenvalue weighted by atomic mass is 9.98. The first kappa shape index (κ1) is 17.2. The van der Waals surface area contributed by atoms with Gasteiger partial charge in [0, 0.05) is 17.2 Å². The maximum Gasteiger partial charge on any atom is 0.0639 e. The van der Waals surface area contributed by atoms with E-state index < -0.39 is 0 Å². The van der Waals surface area contributed by atoms with E-state index in [-0.39, 0.29) is 0 Å². The molecular formula is C24H25NS. The van der Waals surface area contributed by atoms with Gasteiger partial charge in [0.05, 0.1) is 12.1 Å². The van der Waals surface area contributed by atoms with Gasteiger partial charge in [-0.1, -0.05) is 77.9 Å². The Bertz CT molecular complexity index is 786. The molecular weight excluding hydrogens is 334 g/mol. The molecule has 26 heavy (non-hydrogen) atoms. The molecule has 3 aromatic rings. The highest BCUT2D eigenvalue weighted by Crippen LogP contribution is 2.43. The normalized spacial score (nSPS) is 20.2. The Balaban J connectivity index is 1.77. The summed E-state index contributed by atoms with van der Waals surface area (Å²) < 4.78 is 0. The van der Waals surface area contributed by atoms with Crippen LogP contribution in [0.5, 0.6) is 0 Å². The number of hydrogen-bond donors (Lipinski definition) is 0. The number of nitrogens with zero attached hydrogens (tertiary/aromatic N) is 1. The van der Waals surface area contributed by atoms with Crippen molar-refractivity contribution in [3.05, 3.63) is 101 Å². The zero-order valence-corrected chi connectivity index (χ0v) is 16.2. The van der Waals surface area contributed by atoms with Crippen LogP contribution in [-0.2, 0) is 0 Å². The molecule has 132 valence electrons. The van der Waals surface area contributed by atoms with Gasteiger partial charge in [-0.3, -0.25) is 0 Å². The Hall–Kier alpha value is -2.19. The van der Waals surface area contributed by atoms with Gasteiger partial charge in [-0.05, 0) is 37.1 Å². The first-order chi connectivity index (χ1) is 12.7. The minimum Gasteiger partial charge on any atom is -0.356 e. The fourth-order valence-electron chi connectivity index (χ4n) is 3.72. The van der Waals surface area contributed by atoms with E-state index in [1.807, 2.05) is 0 Å². The smallest absolute Gasteiger partial charge is 0.0639 e. The molecule has 0 radical (unpaired) electrons. The molecule has 0 amide bonds. The summed E-state index contributed by atoms with van der Waals surface area (Å²) in [5.74, 6) is 2.25. The molecule has 0 saturated carbocycles. The number of rotatable bonds is 3. The lowest BCUT2D eigenvalue weighted by molar-refractivity contribution is 0.582. The SMILES string of the molecule is Cc1ccc(C2CSCC(c3ccc(C)cc3)N2c2ccccc2)cc1. The molecule has 3 aromatic carbocycles. The predicted molar refractivity (Wildman–Crippen MR) is 114 cm³/mol. The molecule has 1 aliphatic rings. The second-order valence-electron chi connectivity index (χ2n) is 7.13. The van der Waals surface area contributed by atoms with Gasteiger partial charge in [0.2, 0.25) is 0 Å². The number of benzene rings is 3. The van der Waals surface area contributed by atoms with E-state index in [0.717, 1.165) is 11.5 Å². The summed E-state index contributed by atoms with van der Waals surface area (Å²) >= 11 is 2.07. The van der Waals surface area contributed by atoms with Crippen LogP contribution in [-0.4, -0.2) is 11.5 Å². The highest BCUT2D eigenvalue weighted by molar-refractivity contribution is 7.99. The summed E-state index contributed by atoms with van der Waals surface area (Å²) in [7, 11) is 0. The topological polar surface area (TPSA) is 3.24 Å². The molecule has 2 unspecified atom stereocenters. The van der Waals surface area contributed by atoms with Crippen LogP contribution in [0.25, 0.3) is 0 Å². The zero-order chi connectivity index (χ0) is 17.9. The Labute approximate surface area is 161 Å².